The Balaban J connectivity index is 1.53. The molecule has 1 aromatic carbocycles. The lowest BCUT2D eigenvalue weighted by Crippen LogP contribution is -2.41. The number of amides is 1. The molecule has 3 heterocycles. The fourth-order valence-electron chi connectivity index (χ4n) is 3.12. The molecule has 0 saturated carbocycles. The van der Waals surface area contributed by atoms with E-state index >= 15 is 0 Å². The van der Waals surface area contributed by atoms with Crippen LogP contribution in [0, 0.1) is 0 Å². The van der Waals surface area contributed by atoms with Gasteiger partial charge in [-0.15, -0.1) is 0 Å². The van der Waals surface area contributed by atoms with Crippen molar-refractivity contribution in [3.05, 3.63) is 30.1 Å². The summed E-state index contributed by atoms with van der Waals surface area (Å²) in [6.45, 7) is 0. The molecule has 0 radical (unpaired) electrons. The Morgan fingerprint density at radius 2 is 2.37 bits per heavy atom. The third-order valence-corrected chi connectivity index (χ3v) is 4.10. The lowest BCUT2D eigenvalue weighted by Gasteiger charge is -2.19. The molecule has 0 spiro atoms. The molecule has 4 rings (SSSR count). The van der Waals surface area contributed by atoms with Gasteiger partial charge in [0, 0.05) is 5.56 Å². The number of nitrogens with one attached hydrogen (secondary N) is 2. The van der Waals surface area contributed by atoms with Crippen molar-refractivity contribution in [3.63, 3.8) is 0 Å². The molecule has 3 atom stereocenters. The summed E-state index contributed by atoms with van der Waals surface area (Å²) in [4.78, 5) is 19.4. The van der Waals surface area contributed by atoms with Crippen molar-refractivity contribution in [1.29, 1.82) is 0 Å². The summed E-state index contributed by atoms with van der Waals surface area (Å²) in [6, 6.07) is 5.68. The first kappa shape index (κ1) is 11.0. The Bertz CT molecular complexity index is 636. The predicted molar refractivity (Wildman–Crippen MR) is 69.9 cm³/mol. The number of carbonyl (C=O) groups excluding carboxylic acids is 1. The third kappa shape index (κ3) is 1.81. The van der Waals surface area contributed by atoms with Crippen molar-refractivity contribution >= 4 is 16.9 Å². The number of aromatic nitrogens is 2. The first-order chi connectivity index (χ1) is 9.29. The van der Waals surface area contributed by atoms with Gasteiger partial charge in [0.15, 0.2) is 0 Å². The van der Waals surface area contributed by atoms with E-state index in [0.717, 1.165) is 30.3 Å². The molecule has 19 heavy (non-hydrogen) atoms. The minimum atomic E-state index is -0.0300. The number of imidazole rings is 1. The van der Waals surface area contributed by atoms with Gasteiger partial charge >= 0.3 is 0 Å². The van der Waals surface area contributed by atoms with Crippen LogP contribution in [-0.4, -0.2) is 34.1 Å². The molecular weight excluding hydrogens is 242 g/mol. The van der Waals surface area contributed by atoms with Crippen molar-refractivity contribution in [3.8, 4) is 0 Å². The van der Waals surface area contributed by atoms with E-state index in [0.29, 0.717) is 11.7 Å². The highest BCUT2D eigenvalue weighted by molar-refractivity contribution is 5.97. The monoisotopic (exact) mass is 257 g/mol. The van der Waals surface area contributed by atoms with Gasteiger partial charge in [0.2, 0.25) is 0 Å². The molecule has 2 aromatic rings. The molecule has 1 amide bonds. The summed E-state index contributed by atoms with van der Waals surface area (Å²) in [6.07, 6.45) is 5.35. The van der Waals surface area contributed by atoms with Crippen LogP contribution in [0.3, 0.4) is 0 Å². The standard InChI is InChI=1S/C14H15N3O2/c18-14(17-12-6-9-2-4-13(12)19-9)8-1-3-10-11(5-8)16-7-15-10/h1,3,5,7,9,12-13H,2,4,6H2,(H,15,16)(H,17,18). The fraction of sp³-hybridized carbons (Fsp3) is 0.429. The minimum absolute atomic E-state index is 0.0300. The number of H-pyrrole nitrogens is 1. The van der Waals surface area contributed by atoms with E-state index in [9.17, 15) is 4.79 Å². The summed E-state index contributed by atoms with van der Waals surface area (Å²) in [5.41, 5.74) is 2.43. The van der Waals surface area contributed by atoms with Gasteiger partial charge in [-0.1, -0.05) is 0 Å². The maximum atomic E-state index is 12.2. The normalized spacial score (nSPS) is 28.9. The van der Waals surface area contributed by atoms with Crippen LogP contribution in [0.1, 0.15) is 29.6 Å². The maximum Gasteiger partial charge on any atom is 0.251 e. The number of rotatable bonds is 2. The van der Waals surface area contributed by atoms with Crippen molar-refractivity contribution < 1.29 is 9.53 Å². The third-order valence-electron chi connectivity index (χ3n) is 4.10. The topological polar surface area (TPSA) is 67.0 Å². The quantitative estimate of drug-likeness (QED) is 0.859. The Hall–Kier alpha value is -1.88. The second kappa shape index (κ2) is 4.06. The number of carbonyl (C=O) groups is 1. The zero-order chi connectivity index (χ0) is 12.8. The highest BCUT2D eigenvalue weighted by Gasteiger charge is 2.41. The first-order valence-corrected chi connectivity index (χ1v) is 6.69. The summed E-state index contributed by atoms with van der Waals surface area (Å²) >= 11 is 0. The number of benzene rings is 1. The van der Waals surface area contributed by atoms with Crippen LogP contribution < -0.4 is 5.32 Å². The lowest BCUT2D eigenvalue weighted by molar-refractivity contribution is 0.0841. The largest absolute Gasteiger partial charge is 0.373 e. The van der Waals surface area contributed by atoms with E-state index in [1.807, 2.05) is 18.2 Å². The van der Waals surface area contributed by atoms with Gasteiger partial charge in [-0.2, -0.15) is 0 Å². The van der Waals surface area contributed by atoms with Gasteiger partial charge in [-0.05, 0) is 37.5 Å². The van der Waals surface area contributed by atoms with Gasteiger partial charge in [0.25, 0.3) is 5.91 Å². The molecule has 0 aliphatic carbocycles. The van der Waals surface area contributed by atoms with Gasteiger partial charge < -0.3 is 15.0 Å². The van der Waals surface area contributed by atoms with Crippen LogP contribution >= 0.6 is 0 Å². The van der Waals surface area contributed by atoms with Crippen LogP contribution in [-0.2, 0) is 4.74 Å². The molecule has 2 bridgehead atoms. The van der Waals surface area contributed by atoms with Crippen molar-refractivity contribution in [2.24, 2.45) is 0 Å². The predicted octanol–water partition coefficient (Wildman–Crippen LogP) is 1.61. The second-order valence-electron chi connectivity index (χ2n) is 5.32. The van der Waals surface area contributed by atoms with Gasteiger partial charge in [0.05, 0.1) is 35.6 Å². The maximum absolute atomic E-state index is 12.2. The average Bonchev–Trinajstić information content (AvgIpc) is 3.13. The summed E-state index contributed by atoms with van der Waals surface area (Å²) in [7, 11) is 0. The molecule has 5 nitrogen and oxygen atoms in total. The SMILES string of the molecule is O=C(NC1CC2CCC1O2)c1ccc2nc[nH]c2c1. The molecule has 1 aromatic heterocycles. The molecule has 2 saturated heterocycles. The Morgan fingerprint density at radius 3 is 3.16 bits per heavy atom. The molecule has 2 fully saturated rings. The van der Waals surface area contributed by atoms with E-state index in [4.69, 9.17) is 4.74 Å². The minimum Gasteiger partial charge on any atom is -0.373 e. The highest BCUT2D eigenvalue weighted by Crippen LogP contribution is 2.34. The highest BCUT2D eigenvalue weighted by atomic mass is 16.5. The van der Waals surface area contributed by atoms with Crippen LogP contribution in [0.4, 0.5) is 0 Å². The van der Waals surface area contributed by atoms with Crippen molar-refractivity contribution in [2.45, 2.75) is 37.5 Å². The van der Waals surface area contributed by atoms with E-state index in [1.165, 1.54) is 0 Å². The van der Waals surface area contributed by atoms with Crippen LogP contribution in [0.15, 0.2) is 24.5 Å². The number of hydrogen-bond donors (Lipinski definition) is 2. The molecule has 98 valence electrons. The van der Waals surface area contributed by atoms with Gasteiger partial charge in [-0.3, -0.25) is 4.79 Å². The number of aromatic amines is 1. The van der Waals surface area contributed by atoms with E-state index in [-0.39, 0.29) is 18.1 Å². The molecular formula is C14H15N3O2. The molecule has 2 aliphatic heterocycles. The Kier molecular flexibility index (Phi) is 2.35. The zero-order valence-electron chi connectivity index (χ0n) is 10.4. The fourth-order valence-corrected chi connectivity index (χ4v) is 3.12. The van der Waals surface area contributed by atoms with Gasteiger partial charge in [-0.25, -0.2) is 4.98 Å². The van der Waals surface area contributed by atoms with Gasteiger partial charge in [0.1, 0.15) is 0 Å². The number of ether oxygens (including phenoxy) is 1. The second-order valence-corrected chi connectivity index (χ2v) is 5.32. The summed E-state index contributed by atoms with van der Waals surface area (Å²) < 4.78 is 5.75. The van der Waals surface area contributed by atoms with E-state index in [1.54, 1.807) is 6.33 Å². The molecule has 5 heteroatoms. The zero-order valence-corrected chi connectivity index (χ0v) is 10.4. The Morgan fingerprint density at radius 1 is 1.42 bits per heavy atom. The number of fused-ring (bicyclic) bond motifs is 3. The van der Waals surface area contributed by atoms with Crippen LogP contribution in [0.2, 0.25) is 0 Å². The molecule has 2 N–H and O–H groups in total. The van der Waals surface area contributed by atoms with Crippen LogP contribution in [0.5, 0.6) is 0 Å². The summed E-state index contributed by atoms with van der Waals surface area (Å²) in [5.74, 6) is -0.0300. The lowest BCUT2D eigenvalue weighted by atomic mass is 9.95. The smallest absolute Gasteiger partial charge is 0.251 e. The number of hydrogen-bond acceptors (Lipinski definition) is 3. The average molecular weight is 257 g/mol. The van der Waals surface area contributed by atoms with Crippen molar-refractivity contribution in [1.82, 2.24) is 15.3 Å². The Labute approximate surface area is 110 Å². The van der Waals surface area contributed by atoms with E-state index < -0.39 is 0 Å². The van der Waals surface area contributed by atoms with E-state index in [2.05, 4.69) is 15.3 Å². The summed E-state index contributed by atoms with van der Waals surface area (Å²) in [5, 5.41) is 3.09. The molecule has 3 unspecified atom stereocenters. The number of nitrogens with zero attached hydrogens (tertiary/aromatic N) is 1. The van der Waals surface area contributed by atoms with Crippen molar-refractivity contribution in [2.75, 3.05) is 0 Å². The molecule has 2 aliphatic rings. The first-order valence-electron chi connectivity index (χ1n) is 6.69. The van der Waals surface area contributed by atoms with Crippen LogP contribution in [0.25, 0.3) is 11.0 Å².